The Kier molecular flexibility index (Phi) is 8.29. The number of halogens is 1. The van der Waals surface area contributed by atoms with Gasteiger partial charge in [0.1, 0.15) is 18.6 Å². The van der Waals surface area contributed by atoms with Crippen LogP contribution in [0.4, 0.5) is 15.9 Å². The van der Waals surface area contributed by atoms with E-state index in [1.165, 1.54) is 17.3 Å². The summed E-state index contributed by atoms with van der Waals surface area (Å²) in [6, 6.07) is 11.3. The highest BCUT2D eigenvalue weighted by Gasteiger charge is 2.36. The molecule has 9 nitrogen and oxygen atoms in total. The number of benzene rings is 1. The maximum absolute atomic E-state index is 14.0. The monoisotopic (exact) mass is 573 g/mol. The molecule has 4 aliphatic rings. The maximum atomic E-state index is 14.0. The molecule has 4 atom stereocenters. The van der Waals surface area contributed by atoms with Gasteiger partial charge in [0, 0.05) is 62.5 Å². The number of carbonyl (C=O) groups excluding carboxylic acids is 1. The number of carbonyl (C=O) groups is 1. The summed E-state index contributed by atoms with van der Waals surface area (Å²) in [5.74, 6) is 0.685. The summed E-state index contributed by atoms with van der Waals surface area (Å²) in [5.41, 5.74) is 4.86. The third-order valence-electron chi connectivity index (χ3n) is 9.40. The fourth-order valence-corrected chi connectivity index (χ4v) is 7.20. The highest BCUT2D eigenvalue weighted by atomic mass is 19.1. The van der Waals surface area contributed by atoms with Gasteiger partial charge in [0.2, 0.25) is 5.91 Å². The number of piperazine rings is 1. The first-order valence-corrected chi connectivity index (χ1v) is 15.2. The summed E-state index contributed by atoms with van der Waals surface area (Å²) in [6.07, 6.45) is 6.05. The summed E-state index contributed by atoms with van der Waals surface area (Å²) in [6.45, 7) is 7.02. The smallest absolute Gasteiger partial charge is 0.318 e. The highest BCUT2D eigenvalue weighted by Crippen LogP contribution is 2.37. The van der Waals surface area contributed by atoms with Gasteiger partial charge in [-0.2, -0.15) is 15.2 Å². The Morgan fingerprint density at radius 2 is 2.05 bits per heavy atom. The van der Waals surface area contributed by atoms with Crippen LogP contribution < -0.4 is 14.5 Å². The van der Waals surface area contributed by atoms with Crippen molar-refractivity contribution >= 4 is 17.4 Å². The van der Waals surface area contributed by atoms with Crippen molar-refractivity contribution in [2.75, 3.05) is 56.2 Å². The lowest BCUT2D eigenvalue weighted by Crippen LogP contribution is -2.55. The molecule has 0 saturated carbocycles. The number of nitrogens with zero attached hydrogens (tertiary/aromatic N) is 7. The van der Waals surface area contributed by atoms with Crippen molar-refractivity contribution in [1.82, 2.24) is 19.8 Å². The lowest BCUT2D eigenvalue weighted by Gasteiger charge is -2.43. The van der Waals surface area contributed by atoms with Gasteiger partial charge in [-0.3, -0.25) is 9.69 Å². The van der Waals surface area contributed by atoms with E-state index in [0.29, 0.717) is 51.3 Å². The third-order valence-corrected chi connectivity index (χ3v) is 9.40. The van der Waals surface area contributed by atoms with Crippen molar-refractivity contribution in [2.45, 2.75) is 69.2 Å². The molecular formula is C32H40FN7O2. The number of aryl methyl sites for hydroxylation is 1. The van der Waals surface area contributed by atoms with Crippen molar-refractivity contribution in [3.05, 3.63) is 53.7 Å². The maximum Gasteiger partial charge on any atom is 0.318 e. The Bertz CT molecular complexity index is 1360. The van der Waals surface area contributed by atoms with Crippen molar-refractivity contribution < 1.29 is 13.9 Å². The molecule has 1 aromatic heterocycles. The fourth-order valence-electron chi connectivity index (χ4n) is 7.20. The van der Waals surface area contributed by atoms with Crippen LogP contribution in [-0.4, -0.2) is 96.4 Å². The molecule has 222 valence electrons. The van der Waals surface area contributed by atoms with Gasteiger partial charge in [-0.1, -0.05) is 24.8 Å². The molecule has 3 aliphatic heterocycles. The second-order valence-corrected chi connectivity index (χ2v) is 12.0. The number of anilines is 2. The van der Waals surface area contributed by atoms with Gasteiger partial charge in [-0.05, 0) is 56.9 Å². The van der Waals surface area contributed by atoms with Gasteiger partial charge in [-0.15, -0.1) is 0 Å². The van der Waals surface area contributed by atoms with E-state index >= 15 is 0 Å². The summed E-state index contributed by atoms with van der Waals surface area (Å²) in [4.78, 5) is 30.9. The molecule has 1 aromatic carbocycles. The van der Waals surface area contributed by atoms with E-state index in [1.807, 2.05) is 11.9 Å². The average Bonchev–Trinajstić information content (AvgIpc) is 3.34. The van der Waals surface area contributed by atoms with Gasteiger partial charge < -0.3 is 19.4 Å². The first-order valence-electron chi connectivity index (χ1n) is 15.2. The fraction of sp³-hybridized carbons (Fsp3) is 0.562. The number of hydrogen-bond acceptors (Lipinski definition) is 8. The Morgan fingerprint density at radius 3 is 2.83 bits per heavy atom. The zero-order valence-corrected chi connectivity index (χ0v) is 24.4. The number of alkyl halides is 1. The molecule has 2 aromatic rings. The number of amides is 1. The number of hydrogen-bond donors (Lipinski definition) is 0. The minimum absolute atomic E-state index is 0.0193. The van der Waals surface area contributed by atoms with Crippen LogP contribution >= 0.6 is 0 Å². The predicted octanol–water partition coefficient (Wildman–Crippen LogP) is 3.32. The lowest BCUT2D eigenvalue weighted by atomic mass is 9.88. The van der Waals surface area contributed by atoms with Crippen LogP contribution in [0.1, 0.15) is 42.5 Å². The van der Waals surface area contributed by atoms with Crippen molar-refractivity contribution in [3.8, 4) is 12.1 Å². The molecule has 1 amide bonds. The van der Waals surface area contributed by atoms with Gasteiger partial charge in [-0.25, -0.2) is 4.39 Å². The highest BCUT2D eigenvalue weighted by molar-refractivity contribution is 5.87. The van der Waals surface area contributed by atoms with E-state index in [9.17, 15) is 14.4 Å². The van der Waals surface area contributed by atoms with Gasteiger partial charge in [0.25, 0.3) is 0 Å². The number of rotatable bonds is 7. The number of aromatic nitrogens is 2. The Balaban J connectivity index is 1.29. The Hall–Kier alpha value is -3.71. The van der Waals surface area contributed by atoms with Crippen LogP contribution in [-0.2, 0) is 24.1 Å². The van der Waals surface area contributed by atoms with Crippen molar-refractivity contribution in [3.63, 3.8) is 0 Å². The van der Waals surface area contributed by atoms with Crippen LogP contribution in [0.15, 0.2) is 36.9 Å². The van der Waals surface area contributed by atoms with Crippen LogP contribution in [0.3, 0.4) is 0 Å². The molecule has 4 heterocycles. The van der Waals surface area contributed by atoms with E-state index in [0.717, 1.165) is 55.7 Å². The first kappa shape index (κ1) is 28.4. The lowest BCUT2D eigenvalue weighted by molar-refractivity contribution is -0.128. The summed E-state index contributed by atoms with van der Waals surface area (Å²) >= 11 is 0. The molecule has 0 spiro atoms. The van der Waals surface area contributed by atoms with E-state index < -0.39 is 6.17 Å². The number of nitriles is 1. The number of likely N-dealkylation sites (tertiary alicyclic amines) is 1. The molecule has 1 aliphatic carbocycles. The standard InChI is InChI=1S/C32H40FN7O2/c1-3-30(41)40-16-15-38(20-25(40)12-13-34)31-27-11-10-24(39-14-6-8-22-7-4-5-9-29(22)39)18-28(27)35-32(36-31)42-21-26-17-23(33)19-37(26)2/h3-5,7,9,23-26H,1,6,8,10-12,14-21H2,2H3/t23-,24-,25-,26-/m0/s1. The summed E-state index contributed by atoms with van der Waals surface area (Å²) in [5, 5.41) is 9.51. The largest absolute Gasteiger partial charge is 0.462 e. The SMILES string of the molecule is C=CC(=O)N1CCN(c2nc(OC[C@@H]3C[C@H](F)CN3C)nc3c2CC[C@H](N2CCCc4ccccc42)C3)C[C@@H]1CC#N. The Labute approximate surface area is 247 Å². The molecular weight excluding hydrogens is 533 g/mol. The third kappa shape index (κ3) is 5.67. The zero-order valence-electron chi connectivity index (χ0n) is 24.4. The minimum atomic E-state index is -0.844. The second kappa shape index (κ2) is 12.3. The van der Waals surface area contributed by atoms with Crippen LogP contribution in [0, 0.1) is 11.3 Å². The number of fused-ring (bicyclic) bond motifs is 2. The van der Waals surface area contributed by atoms with Gasteiger partial charge in [0.05, 0.1) is 24.2 Å². The molecule has 0 radical (unpaired) electrons. The number of ether oxygens (including phenoxy) is 1. The Morgan fingerprint density at radius 1 is 1.19 bits per heavy atom. The van der Waals surface area contributed by atoms with E-state index in [4.69, 9.17) is 14.7 Å². The normalized spacial score (nSPS) is 25.9. The molecule has 0 unspecified atom stereocenters. The van der Waals surface area contributed by atoms with E-state index in [2.05, 4.69) is 46.7 Å². The molecule has 2 fully saturated rings. The van der Waals surface area contributed by atoms with Crippen LogP contribution in [0.5, 0.6) is 6.01 Å². The van der Waals surface area contributed by atoms with Crippen molar-refractivity contribution in [1.29, 1.82) is 5.26 Å². The second-order valence-electron chi connectivity index (χ2n) is 12.0. The topological polar surface area (TPSA) is 88.8 Å². The molecule has 0 bridgehead atoms. The summed E-state index contributed by atoms with van der Waals surface area (Å²) < 4.78 is 20.2. The van der Waals surface area contributed by atoms with Crippen LogP contribution in [0.2, 0.25) is 0 Å². The average molecular weight is 574 g/mol. The van der Waals surface area contributed by atoms with Crippen LogP contribution in [0.25, 0.3) is 0 Å². The summed E-state index contributed by atoms with van der Waals surface area (Å²) in [7, 11) is 1.92. The molecule has 42 heavy (non-hydrogen) atoms. The van der Waals surface area contributed by atoms with Gasteiger partial charge in [0.15, 0.2) is 0 Å². The molecule has 10 heteroatoms. The molecule has 0 N–H and O–H groups in total. The molecule has 2 saturated heterocycles. The van der Waals surface area contributed by atoms with E-state index in [-0.39, 0.29) is 24.4 Å². The first-order chi connectivity index (χ1) is 20.4. The number of likely N-dealkylation sites (N-methyl/N-ethyl adjacent to an activating group) is 1. The van der Waals surface area contributed by atoms with E-state index in [1.54, 1.807) is 4.90 Å². The number of para-hydroxylation sites is 1. The van der Waals surface area contributed by atoms with Crippen molar-refractivity contribution in [2.24, 2.45) is 0 Å². The van der Waals surface area contributed by atoms with Gasteiger partial charge >= 0.3 is 6.01 Å². The minimum Gasteiger partial charge on any atom is -0.462 e. The predicted molar refractivity (Wildman–Crippen MR) is 160 cm³/mol. The zero-order chi connectivity index (χ0) is 29.2. The quantitative estimate of drug-likeness (QED) is 0.467. The molecule has 6 rings (SSSR count).